The molecule has 0 aliphatic carbocycles. The van der Waals surface area contributed by atoms with Crippen LogP contribution < -0.4 is 5.32 Å². The number of rotatable bonds is 8. The van der Waals surface area contributed by atoms with E-state index in [0.717, 1.165) is 18.9 Å². The predicted molar refractivity (Wildman–Crippen MR) is 80.8 cm³/mol. The summed E-state index contributed by atoms with van der Waals surface area (Å²) in [7, 11) is 0. The number of hydrogen-bond acceptors (Lipinski definition) is 2. The Morgan fingerprint density at radius 2 is 1.44 bits per heavy atom. The van der Waals surface area contributed by atoms with E-state index in [0.29, 0.717) is 5.41 Å². The molecular formula is C16H35NO. The molecule has 0 aromatic heterocycles. The van der Waals surface area contributed by atoms with Gasteiger partial charge >= 0.3 is 0 Å². The second-order valence-corrected chi connectivity index (χ2v) is 8.50. The van der Waals surface area contributed by atoms with E-state index in [2.05, 4.69) is 60.7 Å². The van der Waals surface area contributed by atoms with Crippen LogP contribution in [-0.2, 0) is 0 Å². The molecular weight excluding hydrogens is 222 g/mol. The summed E-state index contributed by atoms with van der Waals surface area (Å²) in [5.74, 6) is 0.735. The van der Waals surface area contributed by atoms with Gasteiger partial charge in [-0.05, 0) is 43.4 Å². The molecule has 0 aromatic rings. The van der Waals surface area contributed by atoms with Gasteiger partial charge in [0.05, 0.1) is 0 Å². The molecule has 110 valence electrons. The summed E-state index contributed by atoms with van der Waals surface area (Å²) in [4.78, 5) is 0. The first-order valence-corrected chi connectivity index (χ1v) is 7.25. The number of nitrogens with one attached hydrogen (secondary N) is 1. The van der Waals surface area contributed by atoms with Gasteiger partial charge in [-0.1, -0.05) is 41.5 Å². The quantitative estimate of drug-likeness (QED) is 0.692. The lowest BCUT2D eigenvalue weighted by atomic mass is 9.79. The molecule has 0 spiro atoms. The van der Waals surface area contributed by atoms with E-state index < -0.39 is 0 Å². The van der Waals surface area contributed by atoms with Gasteiger partial charge in [0.1, 0.15) is 0 Å². The molecule has 0 rings (SSSR count). The Morgan fingerprint density at radius 1 is 0.944 bits per heavy atom. The van der Waals surface area contributed by atoms with Gasteiger partial charge < -0.3 is 10.4 Å². The molecule has 0 aliphatic rings. The monoisotopic (exact) mass is 257 g/mol. The van der Waals surface area contributed by atoms with Crippen molar-refractivity contribution in [1.82, 2.24) is 5.32 Å². The third-order valence-corrected chi connectivity index (χ3v) is 3.35. The summed E-state index contributed by atoms with van der Waals surface area (Å²) in [6.45, 7) is 19.2. The lowest BCUT2D eigenvalue weighted by molar-refractivity contribution is 0.111. The first-order chi connectivity index (χ1) is 7.89. The molecule has 0 heterocycles. The lowest BCUT2D eigenvalue weighted by Gasteiger charge is -2.38. The number of aliphatic hydroxyl groups is 1. The van der Waals surface area contributed by atoms with E-state index in [-0.39, 0.29) is 17.6 Å². The van der Waals surface area contributed by atoms with Crippen molar-refractivity contribution in [2.24, 2.45) is 16.7 Å². The van der Waals surface area contributed by atoms with Crippen LogP contribution in [0.1, 0.15) is 68.2 Å². The molecule has 0 atom stereocenters. The van der Waals surface area contributed by atoms with Crippen molar-refractivity contribution in [3.8, 4) is 0 Å². The van der Waals surface area contributed by atoms with Crippen LogP contribution in [0.5, 0.6) is 0 Å². The zero-order chi connectivity index (χ0) is 14.6. The summed E-state index contributed by atoms with van der Waals surface area (Å²) in [6, 6.07) is 0. The van der Waals surface area contributed by atoms with Gasteiger partial charge in [-0.3, -0.25) is 0 Å². The van der Waals surface area contributed by atoms with Crippen LogP contribution in [0.4, 0.5) is 0 Å². The molecule has 0 unspecified atom stereocenters. The molecule has 0 aliphatic heterocycles. The van der Waals surface area contributed by atoms with Crippen molar-refractivity contribution in [1.29, 1.82) is 0 Å². The number of hydrogen-bond donors (Lipinski definition) is 2. The molecule has 2 heteroatoms. The number of aliphatic hydroxyl groups excluding tert-OH is 1. The second-order valence-electron chi connectivity index (χ2n) is 8.50. The SMILES string of the molecule is CC(C)CC(C)(C)CNC(C)(C)CC(C)(C)CO. The van der Waals surface area contributed by atoms with Crippen molar-refractivity contribution >= 4 is 0 Å². The fourth-order valence-corrected chi connectivity index (χ4v) is 2.97. The highest BCUT2D eigenvalue weighted by Gasteiger charge is 2.30. The zero-order valence-corrected chi connectivity index (χ0v) is 13.9. The highest BCUT2D eigenvalue weighted by atomic mass is 16.3. The molecule has 0 saturated carbocycles. The minimum atomic E-state index is -0.0152. The highest BCUT2D eigenvalue weighted by molar-refractivity contribution is 4.87. The first kappa shape index (κ1) is 17.9. The average Bonchev–Trinajstić information content (AvgIpc) is 2.12. The van der Waals surface area contributed by atoms with Crippen LogP contribution in [0.3, 0.4) is 0 Å². The maximum Gasteiger partial charge on any atom is 0.0482 e. The molecule has 0 fully saturated rings. The normalized spacial score (nSPS) is 14.3. The summed E-state index contributed by atoms with van der Waals surface area (Å²) in [6.07, 6.45) is 2.22. The Kier molecular flexibility index (Phi) is 6.35. The molecule has 0 aromatic carbocycles. The Bertz CT molecular complexity index is 241. The standard InChI is InChI=1S/C16H35NO/c1-13(2)9-14(3,4)11-17-16(7,8)10-15(5,6)12-18/h13,17-18H,9-12H2,1-8H3. The van der Waals surface area contributed by atoms with Gasteiger partial charge in [-0.2, -0.15) is 0 Å². The zero-order valence-electron chi connectivity index (χ0n) is 13.9. The van der Waals surface area contributed by atoms with Crippen molar-refractivity contribution in [3.05, 3.63) is 0 Å². The van der Waals surface area contributed by atoms with Crippen LogP contribution >= 0.6 is 0 Å². The van der Waals surface area contributed by atoms with Crippen molar-refractivity contribution in [2.75, 3.05) is 13.2 Å². The van der Waals surface area contributed by atoms with Crippen LogP contribution in [0.2, 0.25) is 0 Å². The van der Waals surface area contributed by atoms with E-state index in [9.17, 15) is 5.11 Å². The Hall–Kier alpha value is -0.0800. The van der Waals surface area contributed by atoms with Gasteiger partial charge in [0, 0.05) is 18.7 Å². The lowest BCUT2D eigenvalue weighted by Crippen LogP contribution is -2.47. The van der Waals surface area contributed by atoms with Crippen LogP contribution in [-0.4, -0.2) is 23.8 Å². The van der Waals surface area contributed by atoms with Crippen molar-refractivity contribution < 1.29 is 5.11 Å². The van der Waals surface area contributed by atoms with Gasteiger partial charge in [-0.15, -0.1) is 0 Å². The minimum Gasteiger partial charge on any atom is -0.396 e. The molecule has 0 bridgehead atoms. The molecule has 2 N–H and O–H groups in total. The Morgan fingerprint density at radius 3 is 1.83 bits per heavy atom. The average molecular weight is 257 g/mol. The molecule has 0 amide bonds. The maximum absolute atomic E-state index is 9.38. The van der Waals surface area contributed by atoms with Crippen molar-refractivity contribution in [3.63, 3.8) is 0 Å². The largest absolute Gasteiger partial charge is 0.396 e. The Balaban J connectivity index is 4.34. The molecule has 0 radical (unpaired) electrons. The summed E-state index contributed by atoms with van der Waals surface area (Å²) >= 11 is 0. The second kappa shape index (κ2) is 6.38. The molecule has 18 heavy (non-hydrogen) atoms. The van der Waals surface area contributed by atoms with Crippen molar-refractivity contribution in [2.45, 2.75) is 73.8 Å². The van der Waals surface area contributed by atoms with Crippen LogP contribution in [0, 0.1) is 16.7 Å². The van der Waals surface area contributed by atoms with Crippen LogP contribution in [0.25, 0.3) is 0 Å². The molecule has 0 saturated heterocycles. The van der Waals surface area contributed by atoms with Gasteiger partial charge in [-0.25, -0.2) is 0 Å². The van der Waals surface area contributed by atoms with Gasteiger partial charge in [0.15, 0.2) is 0 Å². The summed E-state index contributed by atoms with van der Waals surface area (Å²) in [5, 5.41) is 13.1. The fourth-order valence-electron chi connectivity index (χ4n) is 2.97. The highest BCUT2D eigenvalue weighted by Crippen LogP contribution is 2.29. The smallest absolute Gasteiger partial charge is 0.0482 e. The van der Waals surface area contributed by atoms with Gasteiger partial charge in [0.2, 0.25) is 0 Å². The topological polar surface area (TPSA) is 32.3 Å². The Labute approximate surface area is 115 Å². The van der Waals surface area contributed by atoms with E-state index in [4.69, 9.17) is 0 Å². The maximum atomic E-state index is 9.38. The van der Waals surface area contributed by atoms with E-state index in [1.54, 1.807) is 0 Å². The predicted octanol–water partition coefficient (Wildman–Crippen LogP) is 3.84. The fraction of sp³-hybridized carbons (Fsp3) is 1.00. The third kappa shape index (κ3) is 8.10. The van der Waals surface area contributed by atoms with E-state index in [1.807, 2.05) is 0 Å². The summed E-state index contributed by atoms with van der Waals surface area (Å²) < 4.78 is 0. The van der Waals surface area contributed by atoms with Crippen LogP contribution in [0.15, 0.2) is 0 Å². The summed E-state index contributed by atoms with van der Waals surface area (Å²) in [5.41, 5.74) is 0.383. The minimum absolute atomic E-state index is 0.0152. The van der Waals surface area contributed by atoms with Gasteiger partial charge in [0.25, 0.3) is 0 Å². The van der Waals surface area contributed by atoms with E-state index >= 15 is 0 Å². The first-order valence-electron chi connectivity index (χ1n) is 7.25. The van der Waals surface area contributed by atoms with E-state index in [1.165, 1.54) is 6.42 Å². The third-order valence-electron chi connectivity index (χ3n) is 3.35. The molecule has 2 nitrogen and oxygen atoms in total.